The molecule has 9 heteroatoms. The van der Waals surface area contributed by atoms with Crippen molar-refractivity contribution in [3.05, 3.63) is 63.7 Å². The molecule has 1 aliphatic rings. The third-order valence-electron chi connectivity index (χ3n) is 4.50. The number of nitrogens with one attached hydrogen (secondary N) is 3. The van der Waals surface area contributed by atoms with E-state index in [1.54, 1.807) is 24.3 Å². The molecule has 1 heterocycles. The molecule has 3 rings (SSSR count). The Labute approximate surface area is 168 Å². The van der Waals surface area contributed by atoms with Crippen molar-refractivity contribution in [2.24, 2.45) is 0 Å². The Morgan fingerprint density at radius 3 is 2.62 bits per heavy atom. The highest BCUT2D eigenvalue weighted by molar-refractivity contribution is 5.95. The van der Waals surface area contributed by atoms with Crippen molar-refractivity contribution in [2.75, 3.05) is 13.2 Å². The van der Waals surface area contributed by atoms with Gasteiger partial charge in [0, 0.05) is 30.2 Å². The maximum absolute atomic E-state index is 12.6. The lowest BCUT2D eigenvalue weighted by Gasteiger charge is -2.15. The number of hydrazine groups is 1. The van der Waals surface area contributed by atoms with Crippen LogP contribution >= 0.6 is 0 Å². The number of ether oxygens (including phenoxy) is 2. The molecule has 2 aromatic carbocycles. The van der Waals surface area contributed by atoms with E-state index in [1.807, 2.05) is 19.9 Å². The van der Waals surface area contributed by atoms with Gasteiger partial charge in [-0.25, -0.2) is 10.9 Å². The number of nitro benzene ring substituents is 1. The number of benzene rings is 2. The predicted octanol–water partition coefficient (Wildman–Crippen LogP) is 2.69. The third-order valence-corrected chi connectivity index (χ3v) is 4.50. The van der Waals surface area contributed by atoms with Crippen molar-refractivity contribution in [1.29, 1.82) is 0 Å². The fraction of sp³-hybridized carbons (Fsp3) is 0.350. The van der Waals surface area contributed by atoms with Gasteiger partial charge < -0.3 is 14.8 Å². The fourth-order valence-electron chi connectivity index (χ4n) is 3.16. The van der Waals surface area contributed by atoms with E-state index in [1.165, 1.54) is 12.1 Å². The van der Waals surface area contributed by atoms with Gasteiger partial charge in [-0.3, -0.25) is 14.9 Å². The van der Waals surface area contributed by atoms with Gasteiger partial charge in [0.15, 0.2) is 11.5 Å². The van der Waals surface area contributed by atoms with E-state index in [2.05, 4.69) is 16.2 Å². The zero-order valence-corrected chi connectivity index (χ0v) is 16.3. The summed E-state index contributed by atoms with van der Waals surface area (Å²) < 4.78 is 11.1. The first-order valence-corrected chi connectivity index (χ1v) is 9.47. The number of rotatable bonds is 8. The molecule has 9 nitrogen and oxygen atoms in total. The first-order chi connectivity index (χ1) is 14.0. The summed E-state index contributed by atoms with van der Waals surface area (Å²) in [4.78, 5) is 23.2. The number of nitro groups is 1. The van der Waals surface area contributed by atoms with Crippen LogP contribution in [0.2, 0.25) is 0 Å². The average Bonchev–Trinajstić information content (AvgIpc) is 3.18. The molecule has 0 aliphatic carbocycles. The Morgan fingerprint density at radius 1 is 1.14 bits per heavy atom. The zero-order valence-electron chi connectivity index (χ0n) is 16.3. The van der Waals surface area contributed by atoms with Gasteiger partial charge in [0.2, 0.25) is 0 Å². The van der Waals surface area contributed by atoms with Gasteiger partial charge >= 0.3 is 0 Å². The van der Waals surface area contributed by atoms with Crippen LogP contribution in [-0.2, 0) is 0 Å². The largest absolute Gasteiger partial charge is 0.490 e. The minimum Gasteiger partial charge on any atom is -0.490 e. The van der Waals surface area contributed by atoms with Crippen LogP contribution in [0.25, 0.3) is 0 Å². The standard InChI is InChI=1S/C20H24N4O5/c1-3-28-17-9-8-14(11-18(17)29-4-2)20(25)21-19-12-16(22-23-19)13-6-5-7-15(10-13)24(26)27/h5-11,16,19,22-23H,3-4,12H2,1-2H3,(H,21,25). The molecule has 0 radical (unpaired) electrons. The number of hydrogen-bond donors (Lipinski definition) is 3. The fourth-order valence-corrected chi connectivity index (χ4v) is 3.16. The van der Waals surface area contributed by atoms with Gasteiger partial charge in [0.25, 0.3) is 11.6 Å². The van der Waals surface area contributed by atoms with Gasteiger partial charge in [-0.2, -0.15) is 0 Å². The van der Waals surface area contributed by atoms with E-state index in [9.17, 15) is 14.9 Å². The first kappa shape index (κ1) is 20.6. The van der Waals surface area contributed by atoms with Crippen molar-refractivity contribution in [2.45, 2.75) is 32.5 Å². The Hall–Kier alpha value is -3.17. The third kappa shape index (κ3) is 5.01. The van der Waals surface area contributed by atoms with Gasteiger partial charge in [0.05, 0.1) is 24.3 Å². The topological polar surface area (TPSA) is 115 Å². The molecule has 1 aliphatic heterocycles. The van der Waals surface area contributed by atoms with Crippen LogP contribution in [-0.4, -0.2) is 30.2 Å². The molecule has 0 spiro atoms. The van der Waals surface area contributed by atoms with Gasteiger partial charge in [-0.05, 0) is 37.6 Å². The SMILES string of the molecule is CCOc1ccc(C(=O)NC2CC(c3cccc([N+](=O)[O-])c3)NN2)cc1OCC. The maximum Gasteiger partial charge on any atom is 0.269 e. The van der Waals surface area contributed by atoms with Crippen LogP contribution in [0, 0.1) is 10.1 Å². The molecule has 0 bridgehead atoms. The van der Waals surface area contributed by atoms with Crippen LogP contribution in [0.5, 0.6) is 11.5 Å². The maximum atomic E-state index is 12.6. The number of carbonyl (C=O) groups excluding carboxylic acids is 1. The number of non-ortho nitro benzene ring substituents is 1. The summed E-state index contributed by atoms with van der Waals surface area (Å²) in [6.45, 7) is 4.71. The molecule has 29 heavy (non-hydrogen) atoms. The number of amides is 1. The Kier molecular flexibility index (Phi) is 6.63. The molecular weight excluding hydrogens is 376 g/mol. The molecule has 0 saturated carbocycles. The lowest BCUT2D eigenvalue weighted by atomic mass is 10.0. The minimum absolute atomic E-state index is 0.0367. The summed E-state index contributed by atoms with van der Waals surface area (Å²) in [6, 6.07) is 11.4. The highest BCUT2D eigenvalue weighted by atomic mass is 16.6. The van der Waals surface area contributed by atoms with Crippen molar-refractivity contribution in [3.8, 4) is 11.5 Å². The van der Waals surface area contributed by atoms with Crippen molar-refractivity contribution in [3.63, 3.8) is 0 Å². The summed E-state index contributed by atoms with van der Waals surface area (Å²) in [5.41, 5.74) is 7.36. The van der Waals surface area contributed by atoms with Crippen molar-refractivity contribution in [1.82, 2.24) is 16.2 Å². The average molecular weight is 400 g/mol. The quantitative estimate of drug-likeness (QED) is 0.461. The van der Waals surface area contributed by atoms with Crippen molar-refractivity contribution >= 4 is 11.6 Å². The Bertz CT molecular complexity index is 889. The van der Waals surface area contributed by atoms with Crippen LogP contribution in [0.15, 0.2) is 42.5 Å². The second kappa shape index (κ2) is 9.35. The van der Waals surface area contributed by atoms with Gasteiger partial charge in [-0.15, -0.1) is 0 Å². The molecule has 1 saturated heterocycles. The number of carbonyl (C=O) groups is 1. The molecule has 2 aromatic rings. The monoisotopic (exact) mass is 400 g/mol. The van der Waals surface area contributed by atoms with Gasteiger partial charge in [-0.1, -0.05) is 12.1 Å². The summed E-state index contributed by atoms with van der Waals surface area (Å²) >= 11 is 0. The van der Waals surface area contributed by atoms with Crippen LogP contribution < -0.4 is 25.6 Å². The molecule has 2 unspecified atom stereocenters. The second-order valence-electron chi connectivity index (χ2n) is 6.48. The highest BCUT2D eigenvalue weighted by Gasteiger charge is 2.27. The minimum atomic E-state index is -0.424. The Balaban J connectivity index is 1.65. The van der Waals surface area contributed by atoms with Crippen LogP contribution in [0.1, 0.15) is 42.2 Å². The van der Waals surface area contributed by atoms with Crippen molar-refractivity contribution < 1.29 is 19.2 Å². The summed E-state index contributed by atoms with van der Waals surface area (Å²) in [5, 5.41) is 13.9. The van der Waals surface area contributed by atoms with E-state index in [-0.39, 0.29) is 23.8 Å². The summed E-state index contributed by atoms with van der Waals surface area (Å²) in [5.74, 6) is 0.860. The van der Waals surface area contributed by atoms with E-state index in [4.69, 9.17) is 9.47 Å². The van der Waals surface area contributed by atoms with E-state index in [0.717, 1.165) is 5.56 Å². The van der Waals surface area contributed by atoms with Crippen LogP contribution in [0.4, 0.5) is 5.69 Å². The van der Waals surface area contributed by atoms with E-state index in [0.29, 0.717) is 36.7 Å². The lowest BCUT2D eigenvalue weighted by Crippen LogP contribution is -2.44. The smallest absolute Gasteiger partial charge is 0.269 e. The molecular formula is C20H24N4O5. The number of nitrogens with zero attached hydrogens (tertiary/aromatic N) is 1. The summed E-state index contributed by atoms with van der Waals surface area (Å²) in [6.07, 6.45) is 0.219. The van der Waals surface area contributed by atoms with E-state index >= 15 is 0 Å². The summed E-state index contributed by atoms with van der Waals surface area (Å²) in [7, 11) is 0. The Morgan fingerprint density at radius 2 is 1.90 bits per heavy atom. The zero-order chi connectivity index (χ0) is 20.8. The van der Waals surface area contributed by atoms with E-state index < -0.39 is 4.92 Å². The second-order valence-corrected chi connectivity index (χ2v) is 6.48. The van der Waals surface area contributed by atoms with Crippen LogP contribution in [0.3, 0.4) is 0 Å². The molecule has 1 fully saturated rings. The molecule has 0 aromatic heterocycles. The molecule has 1 amide bonds. The number of hydrogen-bond acceptors (Lipinski definition) is 7. The normalized spacial score (nSPS) is 18.3. The first-order valence-electron chi connectivity index (χ1n) is 9.47. The highest BCUT2D eigenvalue weighted by Crippen LogP contribution is 2.29. The molecule has 2 atom stereocenters. The van der Waals surface area contributed by atoms with Gasteiger partial charge in [0.1, 0.15) is 0 Å². The molecule has 3 N–H and O–H groups in total. The lowest BCUT2D eigenvalue weighted by molar-refractivity contribution is -0.384. The predicted molar refractivity (Wildman–Crippen MR) is 107 cm³/mol. The molecule has 154 valence electrons.